The summed E-state index contributed by atoms with van der Waals surface area (Å²) in [5.41, 5.74) is 2.45. The Hall–Kier alpha value is -3.79. The first-order chi connectivity index (χ1) is 16.8. The average Bonchev–Trinajstić information content (AvgIpc) is 2.86. The molecule has 0 atom stereocenters. The quantitative estimate of drug-likeness (QED) is 0.327. The average molecular weight is 497 g/mol. The number of hydrogen-bond acceptors (Lipinski definition) is 9. The Bertz CT molecular complexity index is 1200. The highest BCUT2D eigenvalue weighted by Crippen LogP contribution is 2.32. The number of hydrogen-bond donors (Lipinski definition) is 1. The SMILES string of the molecule is COc1ccc(CSc2nc(N(C)C)ccc2C(=O)Nc2ccnc(COC(C)=O)c2)c(OC)c1. The van der Waals surface area contributed by atoms with Crippen LogP contribution in [0, 0.1) is 0 Å². The topological polar surface area (TPSA) is 103 Å². The maximum Gasteiger partial charge on any atom is 0.303 e. The Morgan fingerprint density at radius 2 is 1.86 bits per heavy atom. The summed E-state index contributed by atoms with van der Waals surface area (Å²) in [7, 11) is 7.00. The highest BCUT2D eigenvalue weighted by molar-refractivity contribution is 7.98. The van der Waals surface area contributed by atoms with Gasteiger partial charge in [0.1, 0.15) is 28.9 Å². The molecule has 3 aromatic rings. The number of thioether (sulfide) groups is 1. The minimum absolute atomic E-state index is 0.0307. The highest BCUT2D eigenvalue weighted by atomic mass is 32.2. The van der Waals surface area contributed by atoms with Crippen LogP contribution >= 0.6 is 11.8 Å². The molecule has 0 fully saturated rings. The van der Waals surface area contributed by atoms with Gasteiger partial charge in [0.15, 0.2) is 0 Å². The fourth-order valence-electron chi connectivity index (χ4n) is 3.09. The second-order valence-electron chi connectivity index (χ2n) is 7.65. The fraction of sp³-hybridized carbons (Fsp3) is 0.280. The number of aromatic nitrogens is 2. The van der Waals surface area contributed by atoms with E-state index in [-0.39, 0.29) is 12.5 Å². The predicted molar refractivity (Wildman–Crippen MR) is 135 cm³/mol. The van der Waals surface area contributed by atoms with Crippen LogP contribution in [0.25, 0.3) is 0 Å². The number of anilines is 2. The van der Waals surface area contributed by atoms with Crippen molar-refractivity contribution in [1.82, 2.24) is 9.97 Å². The normalized spacial score (nSPS) is 10.4. The molecular weight excluding hydrogens is 468 g/mol. The third kappa shape index (κ3) is 7.10. The van der Waals surface area contributed by atoms with E-state index in [0.29, 0.717) is 39.2 Å². The van der Waals surface area contributed by atoms with E-state index in [4.69, 9.17) is 19.2 Å². The van der Waals surface area contributed by atoms with E-state index in [1.807, 2.05) is 37.2 Å². The molecule has 2 heterocycles. The number of carbonyl (C=O) groups excluding carboxylic acids is 2. The van der Waals surface area contributed by atoms with Gasteiger partial charge >= 0.3 is 5.97 Å². The molecule has 184 valence electrons. The Morgan fingerprint density at radius 1 is 1.06 bits per heavy atom. The molecule has 0 saturated heterocycles. The van der Waals surface area contributed by atoms with Crippen LogP contribution in [-0.4, -0.2) is 50.2 Å². The van der Waals surface area contributed by atoms with Crippen LogP contribution in [0.4, 0.5) is 11.5 Å². The van der Waals surface area contributed by atoms with Crippen LogP contribution in [0.2, 0.25) is 0 Å². The minimum Gasteiger partial charge on any atom is -0.497 e. The lowest BCUT2D eigenvalue weighted by Crippen LogP contribution is -2.16. The zero-order valence-electron chi connectivity index (χ0n) is 20.3. The van der Waals surface area contributed by atoms with Gasteiger partial charge in [0.05, 0.1) is 25.5 Å². The first-order valence-electron chi connectivity index (χ1n) is 10.7. The number of pyridine rings is 2. The number of benzene rings is 1. The zero-order chi connectivity index (χ0) is 25.4. The van der Waals surface area contributed by atoms with E-state index in [2.05, 4.69) is 10.3 Å². The van der Waals surface area contributed by atoms with Gasteiger partial charge < -0.3 is 24.4 Å². The minimum atomic E-state index is -0.400. The van der Waals surface area contributed by atoms with Crippen molar-refractivity contribution in [2.24, 2.45) is 0 Å². The Kier molecular flexibility index (Phi) is 8.91. The van der Waals surface area contributed by atoms with Crippen molar-refractivity contribution >= 4 is 35.1 Å². The van der Waals surface area contributed by atoms with Gasteiger partial charge in [-0.25, -0.2) is 4.98 Å². The number of rotatable bonds is 10. The fourth-order valence-corrected chi connectivity index (χ4v) is 4.09. The second kappa shape index (κ2) is 12.1. The lowest BCUT2D eigenvalue weighted by Gasteiger charge is -2.16. The number of carbonyl (C=O) groups is 2. The van der Waals surface area contributed by atoms with Gasteiger partial charge in [0.2, 0.25) is 0 Å². The molecule has 35 heavy (non-hydrogen) atoms. The molecule has 1 N–H and O–H groups in total. The maximum atomic E-state index is 13.2. The van der Waals surface area contributed by atoms with E-state index in [1.54, 1.807) is 44.7 Å². The van der Waals surface area contributed by atoms with E-state index in [9.17, 15) is 9.59 Å². The Morgan fingerprint density at radius 3 is 2.54 bits per heavy atom. The van der Waals surface area contributed by atoms with Crippen molar-refractivity contribution in [2.75, 3.05) is 38.5 Å². The summed E-state index contributed by atoms with van der Waals surface area (Å²) >= 11 is 1.44. The van der Waals surface area contributed by atoms with E-state index in [1.165, 1.54) is 18.7 Å². The smallest absolute Gasteiger partial charge is 0.303 e. The summed E-state index contributed by atoms with van der Waals surface area (Å²) in [5.74, 6) is 1.97. The predicted octanol–water partition coefficient (Wildman–Crippen LogP) is 4.17. The van der Waals surface area contributed by atoms with Gasteiger partial charge in [-0.15, -0.1) is 11.8 Å². The van der Waals surface area contributed by atoms with Gasteiger partial charge in [-0.05, 0) is 30.3 Å². The van der Waals surface area contributed by atoms with Gasteiger partial charge in [-0.3, -0.25) is 14.6 Å². The molecule has 0 aliphatic rings. The van der Waals surface area contributed by atoms with E-state index < -0.39 is 5.97 Å². The first-order valence-corrected chi connectivity index (χ1v) is 11.7. The van der Waals surface area contributed by atoms with E-state index in [0.717, 1.165) is 11.4 Å². The van der Waals surface area contributed by atoms with Gasteiger partial charge in [0.25, 0.3) is 5.91 Å². The van der Waals surface area contributed by atoms with Crippen molar-refractivity contribution in [3.8, 4) is 11.5 Å². The monoisotopic (exact) mass is 496 g/mol. The van der Waals surface area contributed by atoms with Crippen molar-refractivity contribution < 1.29 is 23.8 Å². The van der Waals surface area contributed by atoms with Crippen LogP contribution in [0.3, 0.4) is 0 Å². The molecule has 0 saturated carbocycles. The molecule has 0 aliphatic carbocycles. The summed E-state index contributed by atoms with van der Waals surface area (Å²) in [4.78, 5) is 35.0. The molecule has 0 radical (unpaired) electrons. The Labute approximate surface area is 208 Å². The number of nitrogens with one attached hydrogen (secondary N) is 1. The highest BCUT2D eigenvalue weighted by Gasteiger charge is 2.17. The Balaban J connectivity index is 1.83. The third-order valence-corrected chi connectivity index (χ3v) is 5.94. The number of esters is 1. The lowest BCUT2D eigenvalue weighted by molar-refractivity contribution is -0.142. The molecular formula is C25H28N4O5S. The van der Waals surface area contributed by atoms with Gasteiger partial charge in [-0.1, -0.05) is 6.07 Å². The van der Waals surface area contributed by atoms with Crippen molar-refractivity contribution in [3.05, 3.63) is 65.5 Å². The summed E-state index contributed by atoms with van der Waals surface area (Å²) < 4.78 is 15.8. The number of amides is 1. The summed E-state index contributed by atoms with van der Waals surface area (Å²) in [6.07, 6.45) is 1.55. The number of nitrogens with zero attached hydrogens (tertiary/aromatic N) is 3. The zero-order valence-corrected chi connectivity index (χ0v) is 21.1. The van der Waals surface area contributed by atoms with Crippen LogP contribution in [-0.2, 0) is 21.9 Å². The summed E-state index contributed by atoms with van der Waals surface area (Å²) in [5, 5.41) is 3.47. The third-order valence-electron chi connectivity index (χ3n) is 4.90. The molecule has 0 bridgehead atoms. The molecule has 2 aromatic heterocycles. The molecule has 0 unspecified atom stereocenters. The van der Waals surface area contributed by atoms with Crippen molar-refractivity contribution in [1.29, 1.82) is 0 Å². The van der Waals surface area contributed by atoms with Crippen molar-refractivity contribution in [3.63, 3.8) is 0 Å². The van der Waals surface area contributed by atoms with Gasteiger partial charge in [0, 0.05) is 50.3 Å². The van der Waals surface area contributed by atoms with Crippen LogP contribution in [0.5, 0.6) is 11.5 Å². The summed E-state index contributed by atoms with van der Waals surface area (Å²) in [6, 6.07) is 12.5. The van der Waals surface area contributed by atoms with Gasteiger partial charge in [-0.2, -0.15) is 0 Å². The molecule has 1 aromatic carbocycles. The molecule has 0 aliphatic heterocycles. The molecule has 3 rings (SSSR count). The van der Waals surface area contributed by atoms with Crippen LogP contribution < -0.4 is 19.7 Å². The van der Waals surface area contributed by atoms with Crippen LogP contribution in [0.1, 0.15) is 28.5 Å². The largest absolute Gasteiger partial charge is 0.497 e. The van der Waals surface area contributed by atoms with Crippen LogP contribution in [0.15, 0.2) is 53.7 Å². The standard InChI is InChI=1S/C25H28N4O5S/c1-16(30)34-14-19-12-18(10-11-26-19)27-24(31)21-8-9-23(29(2)3)28-25(21)35-15-17-6-7-20(32-4)13-22(17)33-5/h6-13H,14-15H2,1-5H3,(H,26,27,31). The first kappa shape index (κ1) is 25.8. The van der Waals surface area contributed by atoms with Crippen molar-refractivity contribution in [2.45, 2.75) is 24.3 Å². The molecule has 9 nitrogen and oxygen atoms in total. The second-order valence-corrected chi connectivity index (χ2v) is 8.62. The summed E-state index contributed by atoms with van der Waals surface area (Å²) in [6.45, 7) is 1.36. The molecule has 10 heteroatoms. The number of methoxy groups -OCH3 is 2. The maximum absolute atomic E-state index is 13.2. The molecule has 1 amide bonds. The van der Waals surface area contributed by atoms with E-state index >= 15 is 0 Å². The number of ether oxygens (including phenoxy) is 3. The lowest BCUT2D eigenvalue weighted by atomic mass is 10.2. The molecule has 0 spiro atoms.